The Labute approximate surface area is 156 Å². The van der Waals surface area contributed by atoms with Gasteiger partial charge in [0.15, 0.2) is 5.76 Å². The SMILES string of the molecule is O=C(CSc1nnnn1-c1ccc(O)cc1)c1cc2cc(Cl)ccc2o1. The van der Waals surface area contributed by atoms with Crippen molar-refractivity contribution < 1.29 is 14.3 Å². The first kappa shape index (κ1) is 16.6. The number of Topliss-reactive ketones (excluding diaryl/α,β-unsaturated/α-hetero) is 1. The number of halogens is 1. The molecule has 0 fully saturated rings. The van der Waals surface area contributed by atoms with Gasteiger partial charge in [-0.15, -0.1) is 5.10 Å². The predicted molar refractivity (Wildman–Crippen MR) is 97.1 cm³/mol. The molecule has 130 valence electrons. The van der Waals surface area contributed by atoms with E-state index in [2.05, 4.69) is 15.5 Å². The van der Waals surface area contributed by atoms with Gasteiger partial charge in [0.25, 0.3) is 0 Å². The highest BCUT2D eigenvalue weighted by Gasteiger charge is 2.16. The number of benzene rings is 2. The summed E-state index contributed by atoms with van der Waals surface area (Å²) < 4.78 is 7.07. The van der Waals surface area contributed by atoms with Gasteiger partial charge in [0, 0.05) is 10.4 Å². The molecule has 7 nitrogen and oxygen atoms in total. The number of carbonyl (C=O) groups excluding carboxylic acids is 1. The van der Waals surface area contributed by atoms with E-state index >= 15 is 0 Å². The number of hydrogen-bond acceptors (Lipinski definition) is 7. The molecule has 0 amide bonds. The van der Waals surface area contributed by atoms with Gasteiger partial charge in [0.2, 0.25) is 10.9 Å². The fourth-order valence-electron chi connectivity index (χ4n) is 2.38. The van der Waals surface area contributed by atoms with E-state index in [9.17, 15) is 9.90 Å². The molecule has 0 saturated heterocycles. The zero-order chi connectivity index (χ0) is 18.1. The maximum atomic E-state index is 12.4. The van der Waals surface area contributed by atoms with Crippen LogP contribution in [0.5, 0.6) is 5.75 Å². The van der Waals surface area contributed by atoms with Crippen LogP contribution in [0.3, 0.4) is 0 Å². The number of aromatic nitrogens is 4. The molecule has 2 aromatic carbocycles. The molecule has 0 aliphatic heterocycles. The summed E-state index contributed by atoms with van der Waals surface area (Å²) in [6.45, 7) is 0. The number of aromatic hydroxyl groups is 1. The Hall–Kier alpha value is -2.84. The Balaban J connectivity index is 1.51. The van der Waals surface area contributed by atoms with Crippen LogP contribution in [0.25, 0.3) is 16.7 Å². The van der Waals surface area contributed by atoms with Crippen molar-refractivity contribution in [2.24, 2.45) is 0 Å². The number of tetrazole rings is 1. The molecule has 0 unspecified atom stereocenters. The monoisotopic (exact) mass is 386 g/mol. The van der Waals surface area contributed by atoms with Gasteiger partial charge in [-0.1, -0.05) is 23.4 Å². The summed E-state index contributed by atoms with van der Waals surface area (Å²) in [5.74, 6) is 0.351. The molecule has 26 heavy (non-hydrogen) atoms. The molecule has 4 rings (SSSR count). The van der Waals surface area contributed by atoms with Gasteiger partial charge in [0.05, 0.1) is 11.4 Å². The first-order valence-corrected chi connectivity index (χ1v) is 8.89. The maximum absolute atomic E-state index is 12.4. The Kier molecular flexibility index (Phi) is 4.36. The predicted octanol–water partition coefficient (Wildman–Crippen LogP) is 3.74. The van der Waals surface area contributed by atoms with Crippen LogP contribution < -0.4 is 0 Å². The summed E-state index contributed by atoms with van der Waals surface area (Å²) in [4.78, 5) is 12.4. The van der Waals surface area contributed by atoms with Gasteiger partial charge >= 0.3 is 0 Å². The number of fused-ring (bicyclic) bond motifs is 1. The summed E-state index contributed by atoms with van der Waals surface area (Å²) in [5, 5.41) is 22.7. The van der Waals surface area contributed by atoms with E-state index in [1.54, 1.807) is 36.4 Å². The van der Waals surface area contributed by atoms with E-state index in [4.69, 9.17) is 16.0 Å². The molecule has 2 heterocycles. The number of furan rings is 1. The van der Waals surface area contributed by atoms with Crippen LogP contribution in [0.4, 0.5) is 0 Å². The number of nitrogens with zero attached hydrogens (tertiary/aromatic N) is 4. The quantitative estimate of drug-likeness (QED) is 0.412. The normalized spacial score (nSPS) is 11.1. The zero-order valence-electron chi connectivity index (χ0n) is 13.2. The van der Waals surface area contributed by atoms with Gasteiger partial charge < -0.3 is 9.52 Å². The molecule has 9 heteroatoms. The number of ketones is 1. The minimum Gasteiger partial charge on any atom is -0.508 e. The third-order valence-electron chi connectivity index (χ3n) is 3.62. The second kappa shape index (κ2) is 6.81. The Morgan fingerprint density at radius 1 is 1.19 bits per heavy atom. The van der Waals surface area contributed by atoms with E-state index in [1.165, 1.54) is 28.6 Å². The molecule has 0 spiro atoms. The summed E-state index contributed by atoms with van der Waals surface area (Å²) in [6, 6.07) is 13.3. The Morgan fingerprint density at radius 3 is 2.81 bits per heavy atom. The van der Waals surface area contributed by atoms with Crippen LogP contribution in [0.15, 0.2) is 58.1 Å². The Morgan fingerprint density at radius 2 is 2.00 bits per heavy atom. The lowest BCUT2D eigenvalue weighted by Gasteiger charge is -2.03. The van der Waals surface area contributed by atoms with Crippen molar-refractivity contribution in [3.8, 4) is 11.4 Å². The number of carbonyl (C=O) groups is 1. The number of phenolic OH excluding ortho intramolecular Hbond substituents is 1. The summed E-state index contributed by atoms with van der Waals surface area (Å²) in [7, 11) is 0. The molecule has 0 bridgehead atoms. The molecule has 4 aromatic rings. The van der Waals surface area contributed by atoms with Crippen LogP contribution in [0.1, 0.15) is 10.6 Å². The van der Waals surface area contributed by atoms with Crippen LogP contribution in [-0.4, -0.2) is 36.8 Å². The highest BCUT2D eigenvalue weighted by molar-refractivity contribution is 7.99. The van der Waals surface area contributed by atoms with E-state index in [-0.39, 0.29) is 23.0 Å². The molecule has 0 aliphatic rings. The zero-order valence-corrected chi connectivity index (χ0v) is 14.7. The van der Waals surface area contributed by atoms with E-state index in [0.717, 1.165) is 5.39 Å². The largest absolute Gasteiger partial charge is 0.508 e. The summed E-state index contributed by atoms with van der Waals surface area (Å²) >= 11 is 7.15. The van der Waals surface area contributed by atoms with Crippen LogP contribution in [0, 0.1) is 0 Å². The highest BCUT2D eigenvalue weighted by Crippen LogP contribution is 2.25. The smallest absolute Gasteiger partial charge is 0.214 e. The maximum Gasteiger partial charge on any atom is 0.214 e. The topological polar surface area (TPSA) is 94.0 Å². The molecule has 1 N–H and O–H groups in total. The molecular formula is C17H11ClN4O3S. The number of phenols is 1. The molecule has 0 saturated carbocycles. The van der Waals surface area contributed by atoms with Crippen molar-refractivity contribution in [3.63, 3.8) is 0 Å². The number of hydrogen-bond donors (Lipinski definition) is 1. The molecule has 0 radical (unpaired) electrons. The van der Waals surface area contributed by atoms with Crippen molar-refractivity contribution in [1.29, 1.82) is 0 Å². The number of rotatable bonds is 5. The first-order valence-electron chi connectivity index (χ1n) is 7.53. The highest BCUT2D eigenvalue weighted by atomic mass is 35.5. The second-order valence-corrected chi connectivity index (χ2v) is 6.77. The van der Waals surface area contributed by atoms with Crippen LogP contribution in [-0.2, 0) is 0 Å². The van der Waals surface area contributed by atoms with Gasteiger partial charge in [-0.2, -0.15) is 4.68 Å². The van der Waals surface area contributed by atoms with Gasteiger partial charge in [-0.3, -0.25) is 4.79 Å². The lowest BCUT2D eigenvalue weighted by molar-refractivity contribution is 0.0994. The number of thioether (sulfide) groups is 1. The third kappa shape index (κ3) is 3.29. The van der Waals surface area contributed by atoms with E-state index in [0.29, 0.717) is 21.4 Å². The van der Waals surface area contributed by atoms with E-state index in [1.807, 2.05) is 0 Å². The summed E-state index contributed by atoms with van der Waals surface area (Å²) in [5.41, 5.74) is 1.29. The first-order chi connectivity index (χ1) is 12.6. The lowest BCUT2D eigenvalue weighted by atomic mass is 10.2. The molecule has 2 aromatic heterocycles. The van der Waals surface area contributed by atoms with Crippen molar-refractivity contribution in [3.05, 3.63) is 59.3 Å². The van der Waals surface area contributed by atoms with Gasteiger partial charge in [-0.05, 0) is 59.0 Å². The molecule has 0 atom stereocenters. The second-order valence-electron chi connectivity index (χ2n) is 5.39. The van der Waals surface area contributed by atoms with Crippen molar-refractivity contribution >= 4 is 40.1 Å². The van der Waals surface area contributed by atoms with Crippen LogP contribution >= 0.6 is 23.4 Å². The summed E-state index contributed by atoms with van der Waals surface area (Å²) in [6.07, 6.45) is 0. The third-order valence-corrected chi connectivity index (χ3v) is 4.78. The van der Waals surface area contributed by atoms with Gasteiger partial charge in [-0.25, -0.2) is 0 Å². The fraction of sp³-hybridized carbons (Fsp3) is 0.0588. The van der Waals surface area contributed by atoms with Crippen LogP contribution in [0.2, 0.25) is 5.02 Å². The fourth-order valence-corrected chi connectivity index (χ4v) is 3.32. The van der Waals surface area contributed by atoms with Gasteiger partial charge in [0.1, 0.15) is 11.3 Å². The van der Waals surface area contributed by atoms with Crippen molar-refractivity contribution in [2.75, 3.05) is 5.75 Å². The Bertz CT molecular complexity index is 1090. The molecular weight excluding hydrogens is 376 g/mol. The average molecular weight is 387 g/mol. The standard InChI is InChI=1S/C17H11ClN4O3S/c18-11-1-6-15-10(7-11)8-16(25-15)14(24)9-26-17-19-20-21-22(17)12-2-4-13(23)5-3-12/h1-8,23H,9H2. The minimum absolute atomic E-state index is 0.117. The van der Waals surface area contributed by atoms with Crippen molar-refractivity contribution in [1.82, 2.24) is 20.2 Å². The molecule has 0 aliphatic carbocycles. The minimum atomic E-state index is -0.178. The van der Waals surface area contributed by atoms with Crippen molar-refractivity contribution in [2.45, 2.75) is 5.16 Å². The van der Waals surface area contributed by atoms with E-state index < -0.39 is 0 Å². The lowest BCUT2D eigenvalue weighted by Crippen LogP contribution is -2.04. The average Bonchev–Trinajstić information content (AvgIpc) is 3.26.